The molecular weight excluding hydrogens is 456 g/mol. The Morgan fingerprint density at radius 2 is 1.79 bits per heavy atom. The van der Waals surface area contributed by atoms with Crippen molar-refractivity contribution in [3.05, 3.63) is 63.7 Å². The summed E-state index contributed by atoms with van der Waals surface area (Å²) in [5.74, 6) is 1.13. The molecule has 0 bridgehead atoms. The van der Waals surface area contributed by atoms with Gasteiger partial charge in [-0.05, 0) is 30.2 Å². The molecule has 4 rings (SSSR count). The van der Waals surface area contributed by atoms with Crippen LogP contribution in [0.3, 0.4) is 0 Å². The third kappa shape index (κ3) is 5.51. The molecule has 1 amide bonds. The summed E-state index contributed by atoms with van der Waals surface area (Å²) in [6.07, 6.45) is 2.49. The van der Waals surface area contributed by atoms with Gasteiger partial charge in [0, 0.05) is 56.8 Å². The molecule has 0 unspecified atom stereocenters. The Bertz CT molecular complexity index is 1220. The molecule has 1 aromatic heterocycles. The first-order valence-electron chi connectivity index (χ1n) is 11.3. The van der Waals surface area contributed by atoms with E-state index in [4.69, 9.17) is 21.1 Å². The van der Waals surface area contributed by atoms with E-state index in [9.17, 15) is 9.59 Å². The van der Waals surface area contributed by atoms with Gasteiger partial charge < -0.3 is 14.4 Å². The SMILES string of the molecule is COc1cc2ncn(CCCC(=O)N3CCN(Cc4cccc(Cl)c4)CC3)c(=O)c2cc1OC. The molecular formula is C25H29ClN4O4. The van der Waals surface area contributed by atoms with Crippen LogP contribution in [0, 0.1) is 0 Å². The molecule has 3 aromatic rings. The van der Waals surface area contributed by atoms with Crippen LogP contribution in [0.15, 0.2) is 47.5 Å². The number of rotatable bonds is 8. The number of methoxy groups -OCH3 is 2. The van der Waals surface area contributed by atoms with Crippen LogP contribution < -0.4 is 15.0 Å². The number of carbonyl (C=O) groups excluding carboxylic acids is 1. The highest BCUT2D eigenvalue weighted by Gasteiger charge is 2.21. The van der Waals surface area contributed by atoms with Crippen LogP contribution in [0.2, 0.25) is 5.02 Å². The van der Waals surface area contributed by atoms with Crippen LogP contribution in [0.4, 0.5) is 0 Å². The van der Waals surface area contributed by atoms with Crippen molar-refractivity contribution in [1.29, 1.82) is 0 Å². The summed E-state index contributed by atoms with van der Waals surface area (Å²) in [5, 5.41) is 1.20. The molecule has 180 valence electrons. The van der Waals surface area contributed by atoms with Gasteiger partial charge in [-0.25, -0.2) is 4.98 Å². The smallest absolute Gasteiger partial charge is 0.261 e. The van der Waals surface area contributed by atoms with Crippen molar-refractivity contribution in [2.24, 2.45) is 0 Å². The summed E-state index contributed by atoms with van der Waals surface area (Å²) in [4.78, 5) is 34.2. The predicted octanol–water partition coefficient (Wildman–Crippen LogP) is 3.19. The number of amides is 1. The van der Waals surface area contributed by atoms with Gasteiger partial charge in [0.05, 0.1) is 31.4 Å². The lowest BCUT2D eigenvalue weighted by Gasteiger charge is -2.35. The molecule has 0 radical (unpaired) electrons. The summed E-state index contributed by atoms with van der Waals surface area (Å²) in [6, 6.07) is 11.2. The largest absolute Gasteiger partial charge is 0.493 e. The van der Waals surface area contributed by atoms with E-state index < -0.39 is 0 Å². The number of aryl methyl sites for hydroxylation is 1. The monoisotopic (exact) mass is 484 g/mol. The van der Waals surface area contributed by atoms with Crippen molar-refractivity contribution < 1.29 is 14.3 Å². The summed E-state index contributed by atoms with van der Waals surface area (Å²) in [7, 11) is 3.07. The number of nitrogens with zero attached hydrogens (tertiary/aromatic N) is 4. The average Bonchev–Trinajstić information content (AvgIpc) is 2.85. The predicted molar refractivity (Wildman–Crippen MR) is 132 cm³/mol. The average molecular weight is 485 g/mol. The van der Waals surface area contributed by atoms with E-state index in [0.717, 1.165) is 24.7 Å². The maximum Gasteiger partial charge on any atom is 0.261 e. The molecule has 34 heavy (non-hydrogen) atoms. The second-order valence-electron chi connectivity index (χ2n) is 8.36. The van der Waals surface area contributed by atoms with E-state index in [1.54, 1.807) is 23.8 Å². The van der Waals surface area contributed by atoms with Gasteiger partial charge in [0.1, 0.15) is 0 Å². The Morgan fingerprint density at radius 3 is 2.50 bits per heavy atom. The number of hydrogen-bond donors (Lipinski definition) is 0. The second-order valence-corrected chi connectivity index (χ2v) is 8.79. The zero-order valence-corrected chi connectivity index (χ0v) is 20.3. The normalized spacial score (nSPS) is 14.4. The van der Waals surface area contributed by atoms with E-state index in [0.29, 0.717) is 54.9 Å². The molecule has 2 heterocycles. The highest BCUT2D eigenvalue weighted by atomic mass is 35.5. The number of benzene rings is 2. The van der Waals surface area contributed by atoms with Crippen LogP contribution in [0.5, 0.6) is 11.5 Å². The van der Waals surface area contributed by atoms with E-state index in [1.165, 1.54) is 19.0 Å². The van der Waals surface area contributed by atoms with Crippen molar-refractivity contribution in [3.63, 3.8) is 0 Å². The van der Waals surface area contributed by atoms with Crippen molar-refractivity contribution in [1.82, 2.24) is 19.4 Å². The first-order chi connectivity index (χ1) is 16.5. The topological polar surface area (TPSA) is 76.9 Å². The second kappa shape index (κ2) is 10.9. The van der Waals surface area contributed by atoms with Gasteiger partial charge in [-0.2, -0.15) is 0 Å². The van der Waals surface area contributed by atoms with Crippen LogP contribution in [0.1, 0.15) is 18.4 Å². The van der Waals surface area contributed by atoms with Gasteiger partial charge in [-0.15, -0.1) is 0 Å². The van der Waals surface area contributed by atoms with Gasteiger partial charge >= 0.3 is 0 Å². The molecule has 9 heteroatoms. The first-order valence-corrected chi connectivity index (χ1v) is 11.7. The van der Waals surface area contributed by atoms with Gasteiger partial charge in [0.2, 0.25) is 5.91 Å². The first kappa shape index (κ1) is 24.0. The fourth-order valence-electron chi connectivity index (χ4n) is 4.25. The Labute approximate surface area is 203 Å². The van der Waals surface area contributed by atoms with Crippen LogP contribution in [0.25, 0.3) is 10.9 Å². The molecule has 0 spiro atoms. The van der Waals surface area contributed by atoms with Crippen molar-refractivity contribution in [3.8, 4) is 11.5 Å². The van der Waals surface area contributed by atoms with Crippen molar-refractivity contribution >= 4 is 28.4 Å². The molecule has 0 N–H and O–H groups in total. The number of carbonyl (C=O) groups is 1. The van der Waals surface area contributed by atoms with Crippen LogP contribution in [-0.4, -0.2) is 65.7 Å². The minimum atomic E-state index is -0.159. The molecule has 0 atom stereocenters. The molecule has 1 aliphatic rings. The quantitative estimate of drug-likeness (QED) is 0.488. The molecule has 8 nitrogen and oxygen atoms in total. The number of piperazine rings is 1. The van der Waals surface area contributed by atoms with Gasteiger partial charge in [0.25, 0.3) is 5.56 Å². The zero-order chi connectivity index (χ0) is 24.1. The summed E-state index contributed by atoms with van der Waals surface area (Å²) < 4.78 is 12.1. The van der Waals surface area contributed by atoms with Crippen molar-refractivity contribution in [2.75, 3.05) is 40.4 Å². The fraction of sp³-hybridized carbons (Fsp3) is 0.400. The molecule has 1 fully saturated rings. The minimum Gasteiger partial charge on any atom is -0.493 e. The molecule has 1 saturated heterocycles. The maximum atomic E-state index is 12.9. The fourth-order valence-corrected chi connectivity index (χ4v) is 4.47. The Hall–Kier alpha value is -3.10. The summed E-state index contributed by atoms with van der Waals surface area (Å²) in [5.41, 5.74) is 1.57. The van der Waals surface area contributed by atoms with Gasteiger partial charge in [0.15, 0.2) is 11.5 Å². The number of halogens is 1. The number of ether oxygens (including phenoxy) is 2. The highest BCUT2D eigenvalue weighted by Crippen LogP contribution is 2.29. The zero-order valence-electron chi connectivity index (χ0n) is 19.5. The molecule has 1 aliphatic heterocycles. The third-order valence-electron chi connectivity index (χ3n) is 6.14. The lowest BCUT2D eigenvalue weighted by molar-refractivity contribution is -0.133. The van der Waals surface area contributed by atoms with Crippen LogP contribution >= 0.6 is 11.6 Å². The van der Waals surface area contributed by atoms with E-state index >= 15 is 0 Å². The Kier molecular flexibility index (Phi) is 7.70. The van der Waals surface area contributed by atoms with Gasteiger partial charge in [-0.1, -0.05) is 23.7 Å². The Balaban J connectivity index is 1.29. The molecule has 0 saturated carbocycles. The van der Waals surface area contributed by atoms with Gasteiger partial charge in [-0.3, -0.25) is 19.1 Å². The molecule has 2 aromatic carbocycles. The summed E-state index contributed by atoms with van der Waals surface area (Å²) >= 11 is 6.08. The lowest BCUT2D eigenvalue weighted by Crippen LogP contribution is -2.48. The number of aromatic nitrogens is 2. The van der Waals surface area contributed by atoms with E-state index in [-0.39, 0.29) is 11.5 Å². The molecule has 0 aliphatic carbocycles. The number of fused-ring (bicyclic) bond motifs is 1. The van der Waals surface area contributed by atoms with Crippen LogP contribution in [-0.2, 0) is 17.9 Å². The number of hydrogen-bond acceptors (Lipinski definition) is 6. The third-order valence-corrected chi connectivity index (χ3v) is 6.37. The Morgan fingerprint density at radius 1 is 1.06 bits per heavy atom. The highest BCUT2D eigenvalue weighted by molar-refractivity contribution is 6.30. The maximum absolute atomic E-state index is 12.9. The lowest BCUT2D eigenvalue weighted by atomic mass is 10.2. The van der Waals surface area contributed by atoms with E-state index in [1.807, 2.05) is 23.1 Å². The minimum absolute atomic E-state index is 0.121. The summed E-state index contributed by atoms with van der Waals surface area (Å²) in [6.45, 7) is 4.33. The van der Waals surface area contributed by atoms with E-state index in [2.05, 4.69) is 16.0 Å². The van der Waals surface area contributed by atoms with Crippen molar-refractivity contribution in [2.45, 2.75) is 25.9 Å². The standard InChI is InChI=1S/C25H29ClN4O4/c1-33-22-14-20-21(15-23(22)34-2)27-17-30(25(20)32)8-4-7-24(31)29-11-9-28(10-12-29)16-18-5-3-6-19(26)13-18/h3,5-6,13-15,17H,4,7-12,16H2,1-2H3.